The molecule has 0 aromatic heterocycles. The molecule has 27 heavy (non-hydrogen) atoms. The Kier molecular flexibility index (Phi) is 3.15. The number of amides is 2. The summed E-state index contributed by atoms with van der Waals surface area (Å²) in [5, 5.41) is 9.05. The first-order chi connectivity index (χ1) is 13.2. The number of benzene rings is 3. The van der Waals surface area contributed by atoms with Crippen molar-refractivity contribution in [3.63, 3.8) is 0 Å². The number of rotatable bonds is 1. The van der Waals surface area contributed by atoms with Gasteiger partial charge < -0.3 is 0 Å². The van der Waals surface area contributed by atoms with E-state index >= 15 is 0 Å². The molecule has 2 aliphatic heterocycles. The average Bonchev–Trinajstić information content (AvgIpc) is 3.02. The van der Waals surface area contributed by atoms with Crippen LogP contribution in [0, 0.1) is 11.3 Å². The molecule has 1 atom stereocenters. The Labute approximate surface area is 155 Å². The van der Waals surface area contributed by atoms with Gasteiger partial charge in [0.25, 0.3) is 11.8 Å². The molecule has 2 amide bonds. The second-order valence-electron chi connectivity index (χ2n) is 6.49. The van der Waals surface area contributed by atoms with Gasteiger partial charge in [0.05, 0.1) is 22.9 Å². The van der Waals surface area contributed by atoms with Crippen molar-refractivity contribution in [3.05, 3.63) is 95.1 Å². The van der Waals surface area contributed by atoms with Crippen LogP contribution in [-0.2, 0) is 0 Å². The molecule has 0 aliphatic carbocycles. The number of anilines is 2. The van der Waals surface area contributed by atoms with Crippen LogP contribution in [0.1, 0.15) is 38.0 Å². The fourth-order valence-corrected chi connectivity index (χ4v) is 3.85. The van der Waals surface area contributed by atoms with E-state index in [1.165, 1.54) is 0 Å². The van der Waals surface area contributed by atoms with Gasteiger partial charge in [-0.3, -0.25) is 19.4 Å². The fourth-order valence-electron chi connectivity index (χ4n) is 3.85. The van der Waals surface area contributed by atoms with Crippen molar-refractivity contribution in [2.75, 3.05) is 9.80 Å². The Morgan fingerprint density at radius 1 is 0.741 bits per heavy atom. The molecule has 0 bridgehead atoms. The van der Waals surface area contributed by atoms with Gasteiger partial charge in [-0.2, -0.15) is 5.26 Å². The molecule has 2 aliphatic rings. The SMILES string of the molecule is N#Cc1ccc(N2C(=O)c3ccccc3N3C(=O)c4ccccc4C23)cc1. The lowest BCUT2D eigenvalue weighted by Gasteiger charge is -2.40. The van der Waals surface area contributed by atoms with Crippen LogP contribution in [0.5, 0.6) is 0 Å². The van der Waals surface area contributed by atoms with Crippen molar-refractivity contribution in [1.82, 2.24) is 0 Å². The highest BCUT2D eigenvalue weighted by atomic mass is 16.2. The third-order valence-electron chi connectivity index (χ3n) is 5.06. The molecule has 0 radical (unpaired) electrons. The smallest absolute Gasteiger partial charge is 0.262 e. The monoisotopic (exact) mass is 351 g/mol. The minimum absolute atomic E-state index is 0.116. The summed E-state index contributed by atoms with van der Waals surface area (Å²) < 4.78 is 0. The summed E-state index contributed by atoms with van der Waals surface area (Å²) in [6.45, 7) is 0. The first-order valence-electron chi connectivity index (χ1n) is 8.56. The quantitative estimate of drug-likeness (QED) is 0.668. The van der Waals surface area contributed by atoms with Gasteiger partial charge in [-0.05, 0) is 42.5 Å². The van der Waals surface area contributed by atoms with Crippen LogP contribution >= 0.6 is 0 Å². The number of hydrogen-bond acceptors (Lipinski definition) is 3. The summed E-state index contributed by atoms with van der Waals surface area (Å²) in [7, 11) is 0. The van der Waals surface area contributed by atoms with Gasteiger partial charge in [-0.1, -0.05) is 30.3 Å². The molecule has 5 heteroatoms. The minimum atomic E-state index is -0.538. The van der Waals surface area contributed by atoms with Crippen LogP contribution in [0.25, 0.3) is 0 Å². The standard InChI is InChI=1S/C22H13N3O2/c23-13-14-9-11-15(12-10-14)24-20-16-5-1-2-6-17(16)21(26)25(20)19-8-4-3-7-18(19)22(24)27/h1-12,20H. The van der Waals surface area contributed by atoms with Crippen LogP contribution in [0.3, 0.4) is 0 Å². The molecular weight excluding hydrogens is 338 g/mol. The van der Waals surface area contributed by atoms with Crippen molar-refractivity contribution >= 4 is 23.2 Å². The maximum absolute atomic E-state index is 13.4. The molecule has 5 nitrogen and oxygen atoms in total. The summed E-state index contributed by atoms with van der Waals surface area (Å²) in [6.07, 6.45) is -0.538. The summed E-state index contributed by atoms with van der Waals surface area (Å²) in [5.41, 5.74) is 3.68. The molecule has 1 unspecified atom stereocenters. The summed E-state index contributed by atoms with van der Waals surface area (Å²) >= 11 is 0. The molecule has 128 valence electrons. The molecule has 0 saturated heterocycles. The molecule has 3 aromatic carbocycles. The highest BCUT2D eigenvalue weighted by molar-refractivity contribution is 6.21. The van der Waals surface area contributed by atoms with Gasteiger partial charge >= 0.3 is 0 Å². The zero-order chi connectivity index (χ0) is 18.5. The molecule has 2 heterocycles. The fraction of sp³-hybridized carbons (Fsp3) is 0.0455. The van der Waals surface area contributed by atoms with Crippen molar-refractivity contribution in [2.24, 2.45) is 0 Å². The maximum atomic E-state index is 13.4. The van der Waals surface area contributed by atoms with Gasteiger partial charge in [0.15, 0.2) is 0 Å². The Hall–Kier alpha value is -3.91. The van der Waals surface area contributed by atoms with Gasteiger partial charge in [0.1, 0.15) is 6.17 Å². The molecule has 0 saturated carbocycles. The van der Waals surface area contributed by atoms with Crippen molar-refractivity contribution in [3.8, 4) is 6.07 Å². The van der Waals surface area contributed by atoms with Crippen LogP contribution in [0.15, 0.2) is 72.8 Å². The molecule has 0 N–H and O–H groups in total. The predicted molar refractivity (Wildman–Crippen MR) is 100 cm³/mol. The molecule has 5 rings (SSSR count). The van der Waals surface area contributed by atoms with Crippen molar-refractivity contribution in [2.45, 2.75) is 6.17 Å². The number of carbonyl (C=O) groups excluding carboxylic acids is 2. The number of nitriles is 1. The maximum Gasteiger partial charge on any atom is 0.262 e. The van der Waals surface area contributed by atoms with Gasteiger partial charge in [-0.25, -0.2) is 0 Å². The zero-order valence-corrected chi connectivity index (χ0v) is 14.2. The summed E-state index contributed by atoms with van der Waals surface area (Å²) in [5.74, 6) is -0.282. The molecule has 3 aromatic rings. The van der Waals surface area contributed by atoms with E-state index in [1.807, 2.05) is 24.3 Å². The van der Waals surface area contributed by atoms with Crippen molar-refractivity contribution in [1.29, 1.82) is 5.26 Å². The number of hydrogen-bond donors (Lipinski definition) is 0. The van der Waals surface area contributed by atoms with Crippen LogP contribution in [0.2, 0.25) is 0 Å². The van der Waals surface area contributed by atoms with E-state index < -0.39 is 6.17 Å². The predicted octanol–water partition coefficient (Wildman–Crippen LogP) is 3.88. The van der Waals surface area contributed by atoms with E-state index in [0.29, 0.717) is 28.1 Å². The van der Waals surface area contributed by atoms with E-state index in [9.17, 15) is 9.59 Å². The topological polar surface area (TPSA) is 64.4 Å². The highest BCUT2D eigenvalue weighted by Gasteiger charge is 2.48. The Morgan fingerprint density at radius 2 is 1.37 bits per heavy atom. The van der Waals surface area contributed by atoms with Gasteiger partial charge in [0, 0.05) is 16.8 Å². The minimum Gasteiger partial charge on any atom is -0.283 e. The zero-order valence-electron chi connectivity index (χ0n) is 14.2. The molecule has 0 spiro atoms. The van der Waals surface area contributed by atoms with E-state index in [4.69, 9.17) is 5.26 Å². The number of fused-ring (bicyclic) bond motifs is 5. The van der Waals surface area contributed by atoms with E-state index in [0.717, 1.165) is 5.56 Å². The van der Waals surface area contributed by atoms with Crippen LogP contribution < -0.4 is 9.80 Å². The molecule has 0 fully saturated rings. The number of para-hydroxylation sites is 1. The summed E-state index contributed by atoms with van der Waals surface area (Å²) in [6, 6.07) is 23.5. The Balaban J connectivity index is 1.77. The van der Waals surface area contributed by atoms with Crippen molar-refractivity contribution < 1.29 is 9.59 Å². The Bertz CT molecular complexity index is 1140. The molecular formula is C22H13N3O2. The second kappa shape index (κ2) is 5.55. The second-order valence-corrected chi connectivity index (χ2v) is 6.49. The van der Waals surface area contributed by atoms with Gasteiger partial charge in [-0.15, -0.1) is 0 Å². The van der Waals surface area contributed by atoms with Crippen LogP contribution in [-0.4, -0.2) is 11.8 Å². The third kappa shape index (κ3) is 2.04. The van der Waals surface area contributed by atoms with E-state index in [-0.39, 0.29) is 11.8 Å². The Morgan fingerprint density at radius 3 is 2.11 bits per heavy atom. The van der Waals surface area contributed by atoms with Gasteiger partial charge in [0.2, 0.25) is 0 Å². The lowest BCUT2D eigenvalue weighted by Crippen LogP contribution is -2.48. The highest BCUT2D eigenvalue weighted by Crippen LogP contribution is 2.46. The van der Waals surface area contributed by atoms with E-state index in [1.54, 1.807) is 58.3 Å². The lowest BCUT2D eigenvalue weighted by atomic mass is 10.0. The third-order valence-corrected chi connectivity index (χ3v) is 5.06. The first-order valence-corrected chi connectivity index (χ1v) is 8.56. The normalized spacial score (nSPS) is 17.2. The van der Waals surface area contributed by atoms with E-state index in [2.05, 4.69) is 6.07 Å². The lowest BCUT2D eigenvalue weighted by molar-refractivity contribution is 0.0949. The number of carbonyl (C=O) groups is 2. The summed E-state index contributed by atoms with van der Waals surface area (Å²) in [4.78, 5) is 29.8. The first kappa shape index (κ1) is 15.4. The largest absolute Gasteiger partial charge is 0.283 e. The number of nitrogens with zero attached hydrogens (tertiary/aromatic N) is 3. The average molecular weight is 351 g/mol. The van der Waals surface area contributed by atoms with Crippen LogP contribution in [0.4, 0.5) is 11.4 Å².